The summed E-state index contributed by atoms with van der Waals surface area (Å²) in [7, 11) is 0. The molecule has 0 radical (unpaired) electrons. The first kappa shape index (κ1) is 17.3. The molecule has 26 heavy (non-hydrogen) atoms. The molecule has 4 rings (SSSR count). The van der Waals surface area contributed by atoms with Crippen molar-refractivity contribution in [2.75, 3.05) is 37.7 Å². The summed E-state index contributed by atoms with van der Waals surface area (Å²) in [6.45, 7) is 5.92. The molecular formula is C19H27N5O2. The van der Waals surface area contributed by atoms with Crippen molar-refractivity contribution < 1.29 is 9.59 Å². The van der Waals surface area contributed by atoms with Gasteiger partial charge in [0.1, 0.15) is 5.54 Å². The first-order valence-corrected chi connectivity index (χ1v) is 9.61. The summed E-state index contributed by atoms with van der Waals surface area (Å²) in [6, 6.07) is 3.81. The molecule has 3 aliphatic rings. The molecule has 1 spiro atoms. The fraction of sp³-hybridized carbons (Fsp3) is 0.632. The predicted octanol–water partition coefficient (Wildman–Crippen LogP) is 1.66. The Hall–Kier alpha value is -2.15. The van der Waals surface area contributed by atoms with Crippen LogP contribution in [0.1, 0.15) is 32.6 Å². The van der Waals surface area contributed by atoms with E-state index in [1.165, 1.54) is 10.6 Å². The molecule has 1 aliphatic carbocycles. The van der Waals surface area contributed by atoms with E-state index >= 15 is 0 Å². The van der Waals surface area contributed by atoms with Crippen LogP contribution >= 0.6 is 0 Å². The molecule has 0 aromatic carbocycles. The van der Waals surface area contributed by atoms with Crippen LogP contribution in [0.15, 0.2) is 24.5 Å². The van der Waals surface area contributed by atoms with E-state index in [2.05, 4.69) is 27.0 Å². The number of rotatable bonds is 3. The van der Waals surface area contributed by atoms with Gasteiger partial charge in [0.25, 0.3) is 5.91 Å². The van der Waals surface area contributed by atoms with Crippen LogP contribution in [0.3, 0.4) is 0 Å². The van der Waals surface area contributed by atoms with Gasteiger partial charge in [-0.05, 0) is 30.9 Å². The van der Waals surface area contributed by atoms with Crippen LogP contribution in [0.5, 0.6) is 0 Å². The number of hydrogen-bond donors (Lipinski definition) is 1. The molecule has 3 fully saturated rings. The molecule has 0 bridgehead atoms. The maximum atomic E-state index is 13.1. The van der Waals surface area contributed by atoms with Gasteiger partial charge in [-0.1, -0.05) is 19.8 Å². The van der Waals surface area contributed by atoms with E-state index < -0.39 is 5.54 Å². The summed E-state index contributed by atoms with van der Waals surface area (Å²) in [6.07, 6.45) is 7.53. The smallest absolute Gasteiger partial charge is 0.326 e. The molecule has 2 unspecified atom stereocenters. The minimum atomic E-state index is -0.659. The van der Waals surface area contributed by atoms with Crippen molar-refractivity contribution in [1.82, 2.24) is 20.1 Å². The van der Waals surface area contributed by atoms with Crippen LogP contribution < -0.4 is 10.2 Å². The Morgan fingerprint density at radius 2 is 1.88 bits per heavy atom. The molecule has 7 nitrogen and oxygen atoms in total. The number of nitrogens with one attached hydrogen (secondary N) is 1. The zero-order chi connectivity index (χ0) is 18.1. The van der Waals surface area contributed by atoms with E-state index in [0.29, 0.717) is 6.67 Å². The third-order valence-corrected chi connectivity index (χ3v) is 6.24. The van der Waals surface area contributed by atoms with E-state index in [1.807, 2.05) is 12.1 Å². The molecule has 2 saturated heterocycles. The largest absolute Gasteiger partial charge is 0.369 e. The Balaban J connectivity index is 1.38. The number of carbonyl (C=O) groups excluding carboxylic acids is 2. The minimum absolute atomic E-state index is 0.0220. The van der Waals surface area contributed by atoms with E-state index in [-0.39, 0.29) is 17.9 Å². The monoisotopic (exact) mass is 357 g/mol. The lowest BCUT2D eigenvalue weighted by atomic mass is 9.73. The highest BCUT2D eigenvalue weighted by Crippen LogP contribution is 2.38. The van der Waals surface area contributed by atoms with E-state index in [0.717, 1.165) is 51.9 Å². The van der Waals surface area contributed by atoms with Crippen molar-refractivity contribution in [1.29, 1.82) is 0 Å². The second-order valence-electron chi connectivity index (χ2n) is 7.73. The summed E-state index contributed by atoms with van der Waals surface area (Å²) < 4.78 is 0. The zero-order valence-corrected chi connectivity index (χ0v) is 15.4. The topological polar surface area (TPSA) is 68.8 Å². The molecule has 3 heterocycles. The Labute approximate surface area is 154 Å². The third kappa shape index (κ3) is 2.94. The first-order chi connectivity index (χ1) is 12.6. The Morgan fingerprint density at radius 1 is 1.15 bits per heavy atom. The fourth-order valence-corrected chi connectivity index (χ4v) is 4.53. The fourth-order valence-electron chi connectivity index (χ4n) is 4.53. The number of urea groups is 1. The second kappa shape index (κ2) is 6.87. The number of anilines is 1. The van der Waals surface area contributed by atoms with Crippen molar-refractivity contribution in [2.45, 2.75) is 38.1 Å². The van der Waals surface area contributed by atoms with Crippen LogP contribution in [-0.4, -0.2) is 65.1 Å². The van der Waals surface area contributed by atoms with Gasteiger partial charge in [0.05, 0.1) is 6.67 Å². The van der Waals surface area contributed by atoms with Gasteiger partial charge in [0.2, 0.25) is 0 Å². The van der Waals surface area contributed by atoms with E-state index in [9.17, 15) is 9.59 Å². The number of aromatic nitrogens is 1. The van der Waals surface area contributed by atoms with Crippen LogP contribution in [-0.2, 0) is 4.79 Å². The number of piperazine rings is 1. The highest BCUT2D eigenvalue weighted by Gasteiger charge is 2.55. The van der Waals surface area contributed by atoms with Gasteiger partial charge >= 0.3 is 6.03 Å². The van der Waals surface area contributed by atoms with Crippen molar-refractivity contribution in [3.8, 4) is 0 Å². The SMILES string of the molecule is CC1CCCCC12NC(=O)N(CN1CCN(c3ccncc3)CC1)C2=O. The summed E-state index contributed by atoms with van der Waals surface area (Å²) in [4.78, 5) is 35.6. The summed E-state index contributed by atoms with van der Waals surface area (Å²) in [5.74, 6) is 0.188. The standard InChI is InChI=1S/C19H27N5O2/c1-15-4-2-3-7-19(15)17(25)24(18(26)21-19)14-22-10-12-23(13-11-22)16-5-8-20-9-6-16/h5-6,8-9,15H,2-4,7,10-14H2,1H3,(H,21,26). The van der Waals surface area contributed by atoms with Crippen molar-refractivity contribution in [2.24, 2.45) is 5.92 Å². The number of imide groups is 1. The lowest BCUT2D eigenvalue weighted by Gasteiger charge is -2.38. The molecule has 140 valence electrons. The number of hydrogen-bond acceptors (Lipinski definition) is 5. The van der Waals surface area contributed by atoms with Crippen LogP contribution in [0, 0.1) is 5.92 Å². The number of nitrogens with zero attached hydrogens (tertiary/aromatic N) is 4. The third-order valence-electron chi connectivity index (χ3n) is 6.24. The molecule has 1 aromatic heterocycles. The Kier molecular flexibility index (Phi) is 4.56. The van der Waals surface area contributed by atoms with E-state index in [1.54, 1.807) is 12.4 Å². The van der Waals surface area contributed by atoms with Gasteiger partial charge in [0.15, 0.2) is 0 Å². The molecular weight excluding hydrogens is 330 g/mol. The molecule has 7 heteroatoms. The van der Waals surface area contributed by atoms with E-state index in [4.69, 9.17) is 0 Å². The highest BCUT2D eigenvalue weighted by molar-refractivity contribution is 6.07. The van der Waals surface area contributed by atoms with Gasteiger partial charge in [-0.15, -0.1) is 0 Å². The molecule has 2 aliphatic heterocycles. The van der Waals surface area contributed by atoms with Crippen LogP contribution in [0.2, 0.25) is 0 Å². The number of carbonyl (C=O) groups is 2. The maximum absolute atomic E-state index is 13.1. The predicted molar refractivity (Wildman–Crippen MR) is 98.6 cm³/mol. The average Bonchev–Trinajstić information content (AvgIpc) is 2.90. The molecule has 1 aromatic rings. The molecule has 2 atom stereocenters. The maximum Gasteiger partial charge on any atom is 0.326 e. The summed E-state index contributed by atoms with van der Waals surface area (Å²) in [5.41, 5.74) is 0.512. The van der Waals surface area contributed by atoms with Gasteiger partial charge in [-0.2, -0.15) is 0 Å². The van der Waals surface area contributed by atoms with Crippen molar-refractivity contribution in [3.05, 3.63) is 24.5 Å². The summed E-state index contributed by atoms with van der Waals surface area (Å²) >= 11 is 0. The normalized spacial score (nSPS) is 30.1. The number of amides is 3. The van der Waals surface area contributed by atoms with Crippen LogP contribution in [0.4, 0.5) is 10.5 Å². The summed E-state index contributed by atoms with van der Waals surface area (Å²) in [5, 5.41) is 3.04. The van der Waals surface area contributed by atoms with Crippen molar-refractivity contribution >= 4 is 17.6 Å². The minimum Gasteiger partial charge on any atom is -0.369 e. The Bertz CT molecular complexity index is 674. The van der Waals surface area contributed by atoms with Gasteiger partial charge < -0.3 is 10.2 Å². The lowest BCUT2D eigenvalue weighted by Crippen LogP contribution is -2.55. The zero-order valence-electron chi connectivity index (χ0n) is 15.4. The average molecular weight is 357 g/mol. The number of pyridine rings is 1. The van der Waals surface area contributed by atoms with Crippen LogP contribution in [0.25, 0.3) is 0 Å². The van der Waals surface area contributed by atoms with Gasteiger partial charge in [-0.25, -0.2) is 9.69 Å². The first-order valence-electron chi connectivity index (χ1n) is 9.61. The molecule has 1 saturated carbocycles. The molecule has 3 amide bonds. The van der Waals surface area contributed by atoms with Crippen molar-refractivity contribution in [3.63, 3.8) is 0 Å². The second-order valence-corrected chi connectivity index (χ2v) is 7.73. The molecule has 1 N–H and O–H groups in total. The lowest BCUT2D eigenvalue weighted by molar-refractivity contribution is -0.135. The highest BCUT2D eigenvalue weighted by atomic mass is 16.2. The Morgan fingerprint density at radius 3 is 2.58 bits per heavy atom. The van der Waals surface area contributed by atoms with Gasteiger partial charge in [0, 0.05) is 44.3 Å². The van der Waals surface area contributed by atoms with Gasteiger partial charge in [-0.3, -0.25) is 14.7 Å². The quantitative estimate of drug-likeness (QED) is 0.834.